The topological polar surface area (TPSA) is 51.1 Å². The average Bonchev–Trinajstić information content (AvgIpc) is 3.89. The Morgan fingerprint density at radius 3 is 1.98 bits per heavy atom. The molecule has 0 atom stereocenters. The van der Waals surface area contributed by atoms with Gasteiger partial charge in [-0.3, -0.25) is 0 Å². The smallest absolute Gasteiger partial charge is 0.188 e. The molecule has 0 N–H and O–H groups in total. The highest BCUT2D eigenvalue weighted by atomic mass is 16.3. The van der Waals surface area contributed by atoms with Crippen molar-refractivity contribution in [3.05, 3.63) is 162 Å². The molecule has 7 aromatic carbocycles. The molecule has 3 heterocycles. The zero-order chi connectivity index (χ0) is 34.9. The number of nitriles is 1. The van der Waals surface area contributed by atoms with Gasteiger partial charge in [-0.25, -0.2) is 4.85 Å². The molecular formula is C47H28N4O. The molecule has 3 aromatic heterocycles. The van der Waals surface area contributed by atoms with Gasteiger partial charge >= 0.3 is 0 Å². The normalized spacial score (nSPS) is 13.3. The lowest BCUT2D eigenvalue weighted by Gasteiger charge is -2.22. The van der Waals surface area contributed by atoms with Crippen LogP contribution in [0, 0.1) is 17.9 Å². The van der Waals surface area contributed by atoms with Gasteiger partial charge < -0.3 is 13.6 Å². The van der Waals surface area contributed by atoms with Crippen LogP contribution in [0.15, 0.2) is 138 Å². The lowest BCUT2D eigenvalue weighted by molar-refractivity contribution is 0.666. The van der Waals surface area contributed by atoms with Crippen LogP contribution in [0.4, 0.5) is 5.69 Å². The third-order valence-electron chi connectivity index (χ3n) is 11.3. The van der Waals surface area contributed by atoms with Crippen LogP contribution in [-0.2, 0) is 5.41 Å². The van der Waals surface area contributed by atoms with Crippen molar-refractivity contribution < 1.29 is 4.42 Å². The van der Waals surface area contributed by atoms with E-state index in [1.807, 2.05) is 42.5 Å². The number of para-hydroxylation sites is 1. The Bertz CT molecular complexity index is 3230. The van der Waals surface area contributed by atoms with Gasteiger partial charge in [0.2, 0.25) is 0 Å². The summed E-state index contributed by atoms with van der Waals surface area (Å²) in [5.74, 6) is 0. The first-order valence-electron chi connectivity index (χ1n) is 17.4. The lowest BCUT2D eigenvalue weighted by Crippen LogP contribution is -2.15. The molecule has 1 aliphatic carbocycles. The van der Waals surface area contributed by atoms with Gasteiger partial charge in [0.25, 0.3) is 0 Å². The number of hydrogen-bond donors (Lipinski definition) is 0. The van der Waals surface area contributed by atoms with Crippen LogP contribution in [0.1, 0.15) is 30.5 Å². The number of furan rings is 1. The molecule has 0 saturated heterocycles. The van der Waals surface area contributed by atoms with Crippen LogP contribution in [0.3, 0.4) is 0 Å². The summed E-state index contributed by atoms with van der Waals surface area (Å²) in [7, 11) is 0. The van der Waals surface area contributed by atoms with Crippen molar-refractivity contribution in [1.29, 1.82) is 5.26 Å². The largest absolute Gasteiger partial charge is 0.456 e. The molecule has 0 saturated carbocycles. The molecule has 5 heteroatoms. The Morgan fingerprint density at radius 2 is 1.23 bits per heavy atom. The van der Waals surface area contributed by atoms with E-state index >= 15 is 0 Å². The van der Waals surface area contributed by atoms with E-state index in [1.54, 1.807) is 0 Å². The fourth-order valence-electron chi connectivity index (χ4n) is 9.07. The number of nitrogens with zero attached hydrogens (tertiary/aromatic N) is 4. The molecule has 0 spiro atoms. The monoisotopic (exact) mass is 664 g/mol. The van der Waals surface area contributed by atoms with E-state index in [0.29, 0.717) is 11.3 Å². The Labute approximate surface area is 298 Å². The third-order valence-corrected chi connectivity index (χ3v) is 11.3. The first-order chi connectivity index (χ1) is 25.4. The van der Waals surface area contributed by atoms with Gasteiger partial charge in [0.1, 0.15) is 11.2 Å². The van der Waals surface area contributed by atoms with Gasteiger partial charge in [-0.15, -0.1) is 0 Å². The fraction of sp³-hybridized carbons (Fsp3) is 0.0638. The number of rotatable bonds is 2. The Kier molecular flexibility index (Phi) is 5.53. The third kappa shape index (κ3) is 3.64. The molecule has 1 aliphatic rings. The zero-order valence-electron chi connectivity index (χ0n) is 28.4. The maximum atomic E-state index is 9.68. The minimum absolute atomic E-state index is 0.137. The van der Waals surface area contributed by atoms with Gasteiger partial charge in [0.15, 0.2) is 5.69 Å². The summed E-state index contributed by atoms with van der Waals surface area (Å²) in [6.07, 6.45) is 0. The quantitative estimate of drug-likeness (QED) is 0.173. The Morgan fingerprint density at radius 1 is 0.596 bits per heavy atom. The van der Waals surface area contributed by atoms with E-state index in [9.17, 15) is 5.26 Å². The summed E-state index contributed by atoms with van der Waals surface area (Å²) in [5, 5.41) is 16.2. The SMILES string of the molecule is [C-]#[N+]c1ccc2c(c1)c1cc(C#N)ccc1n2-c1ccc2oc3ccc(-n4c5ccccc5c5c6c(ccc54)-c4ccccc4C6(C)C)cc3c2c1. The van der Waals surface area contributed by atoms with Crippen LogP contribution in [0.5, 0.6) is 0 Å². The maximum Gasteiger partial charge on any atom is 0.188 e. The number of benzene rings is 7. The highest BCUT2D eigenvalue weighted by molar-refractivity contribution is 6.15. The van der Waals surface area contributed by atoms with Crippen LogP contribution in [-0.4, -0.2) is 9.13 Å². The van der Waals surface area contributed by atoms with Crippen molar-refractivity contribution in [3.8, 4) is 28.6 Å². The molecule has 11 rings (SSSR count). The lowest BCUT2D eigenvalue weighted by atomic mass is 9.80. The van der Waals surface area contributed by atoms with Crippen LogP contribution < -0.4 is 0 Å². The minimum atomic E-state index is -0.137. The standard InChI is InChI=1S/C47H28N4O/c1-47(2)38-10-6-4-8-31(38)32-16-19-42-45(46(32)47)33-9-5-7-11-39(33)51(42)30-15-21-44-37(25-30)36-24-29(14-20-43(36)52-44)50-40-17-12-27(26-48)22-34(40)35-23-28(49-3)13-18-41(35)50/h4-25H,1-2H3. The van der Waals surface area contributed by atoms with E-state index in [4.69, 9.17) is 11.0 Å². The summed E-state index contributed by atoms with van der Waals surface area (Å²) in [6, 6.07) is 48.9. The van der Waals surface area contributed by atoms with Crippen LogP contribution >= 0.6 is 0 Å². The second-order valence-electron chi connectivity index (χ2n) is 14.4. The number of hydrogen-bond acceptors (Lipinski definition) is 2. The van der Waals surface area contributed by atoms with Gasteiger partial charge in [0, 0.05) is 43.7 Å². The van der Waals surface area contributed by atoms with Crippen molar-refractivity contribution in [2.75, 3.05) is 0 Å². The van der Waals surface area contributed by atoms with Gasteiger partial charge in [-0.05, 0) is 107 Å². The van der Waals surface area contributed by atoms with E-state index < -0.39 is 0 Å². The molecule has 10 aromatic rings. The summed E-state index contributed by atoms with van der Waals surface area (Å²) >= 11 is 0. The van der Waals surface area contributed by atoms with E-state index in [-0.39, 0.29) is 5.41 Å². The molecule has 242 valence electrons. The van der Waals surface area contributed by atoms with Crippen LogP contribution in [0.2, 0.25) is 0 Å². The molecular weight excluding hydrogens is 637 g/mol. The van der Waals surface area contributed by atoms with Gasteiger partial charge in [-0.1, -0.05) is 68.4 Å². The average molecular weight is 665 g/mol. The molecule has 52 heavy (non-hydrogen) atoms. The molecule has 0 unspecified atom stereocenters. The first kappa shape index (κ1) is 28.7. The van der Waals surface area contributed by atoms with Crippen LogP contribution in [0.25, 0.3) is 92.9 Å². The van der Waals surface area contributed by atoms with Crippen molar-refractivity contribution in [3.63, 3.8) is 0 Å². The second kappa shape index (κ2) is 10.0. The molecule has 0 aliphatic heterocycles. The van der Waals surface area contributed by atoms with Crippen molar-refractivity contribution in [2.24, 2.45) is 0 Å². The second-order valence-corrected chi connectivity index (χ2v) is 14.4. The maximum absolute atomic E-state index is 9.68. The zero-order valence-corrected chi connectivity index (χ0v) is 28.4. The molecule has 0 bridgehead atoms. The summed E-state index contributed by atoms with van der Waals surface area (Å²) in [5.41, 5.74) is 14.4. The first-order valence-corrected chi connectivity index (χ1v) is 17.4. The predicted octanol–water partition coefficient (Wildman–Crippen LogP) is 12.5. The minimum Gasteiger partial charge on any atom is -0.456 e. The summed E-state index contributed by atoms with van der Waals surface area (Å²) < 4.78 is 11.1. The summed E-state index contributed by atoms with van der Waals surface area (Å²) in [6.45, 7) is 12.3. The molecule has 0 fully saturated rings. The highest BCUT2D eigenvalue weighted by Gasteiger charge is 2.38. The van der Waals surface area contributed by atoms with Gasteiger partial charge in [0.05, 0.1) is 40.3 Å². The van der Waals surface area contributed by atoms with Gasteiger partial charge in [-0.2, -0.15) is 5.26 Å². The number of fused-ring (bicyclic) bond motifs is 13. The highest BCUT2D eigenvalue weighted by Crippen LogP contribution is 2.53. The van der Waals surface area contributed by atoms with Crippen molar-refractivity contribution >= 4 is 71.2 Å². The molecule has 0 radical (unpaired) electrons. The summed E-state index contributed by atoms with van der Waals surface area (Å²) in [4.78, 5) is 3.68. The Balaban J connectivity index is 1.15. The fourth-order valence-corrected chi connectivity index (χ4v) is 9.07. The molecule has 5 nitrogen and oxygen atoms in total. The number of aromatic nitrogens is 2. The predicted molar refractivity (Wildman–Crippen MR) is 211 cm³/mol. The van der Waals surface area contributed by atoms with E-state index in [0.717, 1.165) is 55.1 Å². The molecule has 0 amide bonds. The Hall–Kier alpha value is -7.08. The van der Waals surface area contributed by atoms with Crippen molar-refractivity contribution in [1.82, 2.24) is 9.13 Å². The van der Waals surface area contributed by atoms with E-state index in [1.165, 1.54) is 44.1 Å². The van der Waals surface area contributed by atoms with E-state index in [2.05, 4.69) is 125 Å². The van der Waals surface area contributed by atoms with Crippen molar-refractivity contribution in [2.45, 2.75) is 19.3 Å².